The molecule has 38 heavy (non-hydrogen) atoms. The Bertz CT molecular complexity index is 1130. The van der Waals surface area contributed by atoms with E-state index in [9.17, 15) is 14.4 Å². The monoisotopic (exact) mass is 548 g/mol. The molecule has 1 aromatic heterocycles. The van der Waals surface area contributed by atoms with E-state index >= 15 is 0 Å². The van der Waals surface area contributed by atoms with Crippen LogP contribution in [0.2, 0.25) is 5.02 Å². The van der Waals surface area contributed by atoms with Crippen molar-refractivity contribution in [2.75, 3.05) is 13.7 Å². The van der Waals surface area contributed by atoms with Gasteiger partial charge in [-0.15, -0.1) is 0 Å². The molecule has 1 amide bonds. The van der Waals surface area contributed by atoms with E-state index in [4.69, 9.17) is 35.3 Å². The zero-order valence-electron chi connectivity index (χ0n) is 21.9. The number of aromatic nitrogens is 1. The zero-order valence-corrected chi connectivity index (χ0v) is 22.7. The Balaban J connectivity index is 1.81. The van der Waals surface area contributed by atoms with Crippen LogP contribution >= 0.6 is 11.6 Å². The first-order valence-corrected chi connectivity index (χ1v) is 12.9. The topological polar surface area (TPSA) is 122 Å². The van der Waals surface area contributed by atoms with Crippen molar-refractivity contribution < 1.29 is 38.1 Å². The van der Waals surface area contributed by atoms with E-state index in [2.05, 4.69) is 10.3 Å². The molecule has 1 saturated heterocycles. The van der Waals surface area contributed by atoms with Gasteiger partial charge in [-0.1, -0.05) is 24.6 Å². The molecular weight excluding hydrogens is 516 g/mol. The zero-order chi connectivity index (χ0) is 27.7. The molecule has 0 aliphatic carbocycles. The smallest absolute Gasteiger partial charge is 0.329 e. The molecule has 2 heterocycles. The summed E-state index contributed by atoms with van der Waals surface area (Å²) < 4.78 is 28.5. The minimum atomic E-state index is -0.972. The lowest BCUT2D eigenvalue weighted by Gasteiger charge is -2.31. The average molecular weight is 549 g/mol. The summed E-state index contributed by atoms with van der Waals surface area (Å²) in [4.78, 5) is 42.0. The lowest BCUT2D eigenvalue weighted by molar-refractivity contribution is -0.159. The summed E-state index contributed by atoms with van der Waals surface area (Å²) in [7, 11) is 1.37. The Morgan fingerprint density at radius 1 is 1.24 bits per heavy atom. The fourth-order valence-corrected chi connectivity index (χ4v) is 4.29. The molecule has 2 aromatic rings. The Labute approximate surface area is 226 Å². The number of esters is 2. The van der Waals surface area contributed by atoms with Crippen LogP contribution in [-0.2, 0) is 19.1 Å². The third kappa shape index (κ3) is 7.82. The molecule has 11 heteroatoms. The highest BCUT2D eigenvalue weighted by molar-refractivity contribution is 6.30. The van der Waals surface area contributed by atoms with Crippen LogP contribution in [0, 0.1) is 0 Å². The molecule has 4 atom stereocenters. The quantitative estimate of drug-likeness (QED) is 0.461. The van der Waals surface area contributed by atoms with Gasteiger partial charge < -0.3 is 29.0 Å². The Kier molecular flexibility index (Phi) is 10.7. The molecule has 0 saturated carbocycles. The van der Waals surface area contributed by atoms with E-state index in [1.165, 1.54) is 26.3 Å². The number of methoxy groups -OCH3 is 1. The molecule has 0 bridgehead atoms. The van der Waals surface area contributed by atoms with Crippen LogP contribution < -0.4 is 19.5 Å². The number of carbonyl (C=O) groups excluding carboxylic acids is 3. The molecule has 206 valence electrons. The molecule has 0 spiro atoms. The van der Waals surface area contributed by atoms with E-state index in [-0.39, 0.29) is 23.3 Å². The second-order valence-electron chi connectivity index (χ2n) is 8.83. The van der Waals surface area contributed by atoms with Gasteiger partial charge in [-0.2, -0.15) is 0 Å². The van der Waals surface area contributed by atoms with Gasteiger partial charge in [0.15, 0.2) is 17.5 Å². The van der Waals surface area contributed by atoms with E-state index in [0.29, 0.717) is 36.6 Å². The van der Waals surface area contributed by atoms with Gasteiger partial charge in [-0.25, -0.2) is 9.78 Å². The van der Waals surface area contributed by atoms with Gasteiger partial charge in [-0.3, -0.25) is 9.59 Å². The summed E-state index contributed by atoms with van der Waals surface area (Å²) in [6.07, 6.45) is 1.89. The van der Waals surface area contributed by atoms with Crippen molar-refractivity contribution >= 4 is 29.4 Å². The van der Waals surface area contributed by atoms with Gasteiger partial charge >= 0.3 is 11.9 Å². The predicted octanol–water partition coefficient (Wildman–Crippen LogP) is 4.13. The minimum Gasteiger partial charge on any atom is -0.493 e. The number of carbonyl (C=O) groups is 3. The van der Waals surface area contributed by atoms with Crippen LogP contribution in [-0.4, -0.2) is 60.9 Å². The van der Waals surface area contributed by atoms with Gasteiger partial charge in [0.05, 0.1) is 13.2 Å². The number of hydrogen-bond donors (Lipinski definition) is 1. The van der Waals surface area contributed by atoms with Crippen LogP contribution in [0.5, 0.6) is 17.2 Å². The molecule has 3 rings (SSSR count). The number of hydrogen-bond acceptors (Lipinski definition) is 9. The highest BCUT2D eigenvalue weighted by Gasteiger charge is 2.37. The largest absolute Gasteiger partial charge is 0.493 e. The number of rotatable bonds is 9. The normalized spacial score (nSPS) is 21.8. The second kappa shape index (κ2) is 14.0. The number of halogens is 1. The van der Waals surface area contributed by atoms with Crippen molar-refractivity contribution in [3.05, 3.63) is 47.2 Å². The third-order valence-electron chi connectivity index (χ3n) is 5.86. The molecular formula is C27H33ClN2O8. The molecule has 4 unspecified atom stereocenters. The molecule has 1 aromatic carbocycles. The first-order chi connectivity index (χ1) is 18.2. The third-order valence-corrected chi connectivity index (χ3v) is 6.09. The molecule has 1 N–H and O–H groups in total. The van der Waals surface area contributed by atoms with Crippen LogP contribution in [0.25, 0.3) is 0 Å². The van der Waals surface area contributed by atoms with Crippen LogP contribution in [0.3, 0.4) is 0 Å². The second-order valence-corrected chi connectivity index (χ2v) is 9.27. The summed E-state index contributed by atoms with van der Waals surface area (Å²) in [6, 6.07) is 7.46. The van der Waals surface area contributed by atoms with Crippen molar-refractivity contribution in [3.63, 3.8) is 0 Å². The van der Waals surface area contributed by atoms with E-state index in [0.717, 1.165) is 6.42 Å². The number of nitrogens with zero attached hydrogens (tertiary/aromatic N) is 1. The number of benzene rings is 1. The van der Waals surface area contributed by atoms with E-state index in [1.807, 2.05) is 6.92 Å². The van der Waals surface area contributed by atoms with Crippen molar-refractivity contribution in [1.29, 1.82) is 0 Å². The first-order valence-electron chi connectivity index (χ1n) is 12.5. The van der Waals surface area contributed by atoms with E-state index < -0.39 is 36.1 Å². The molecule has 1 aliphatic rings. The van der Waals surface area contributed by atoms with Gasteiger partial charge in [0.25, 0.3) is 5.91 Å². The highest BCUT2D eigenvalue weighted by Crippen LogP contribution is 2.30. The van der Waals surface area contributed by atoms with Crippen molar-refractivity contribution in [3.8, 4) is 17.2 Å². The van der Waals surface area contributed by atoms with Gasteiger partial charge in [-0.05, 0) is 50.8 Å². The van der Waals surface area contributed by atoms with E-state index in [1.54, 1.807) is 31.2 Å². The number of pyridine rings is 1. The molecule has 1 aliphatic heterocycles. The fourth-order valence-electron chi connectivity index (χ4n) is 4.11. The SMILES string of the molecule is CCCOC1CCCC(NC(=O)c2nccc(OC)c2OC(C)=O)C(=O)OC(C)C1Oc1cccc(Cl)c1. The number of cyclic esters (lactones) is 1. The van der Waals surface area contributed by atoms with Gasteiger partial charge in [0, 0.05) is 30.8 Å². The first kappa shape index (κ1) is 29.2. The lowest BCUT2D eigenvalue weighted by atomic mass is 10.0. The lowest BCUT2D eigenvalue weighted by Crippen LogP contribution is -2.46. The summed E-state index contributed by atoms with van der Waals surface area (Å²) in [5.41, 5.74) is -0.188. The van der Waals surface area contributed by atoms with Gasteiger partial charge in [0.1, 0.15) is 17.9 Å². The maximum atomic E-state index is 13.2. The van der Waals surface area contributed by atoms with Crippen LogP contribution in [0.1, 0.15) is 56.9 Å². The fraction of sp³-hybridized carbons (Fsp3) is 0.481. The molecule has 10 nitrogen and oxygen atoms in total. The minimum absolute atomic E-state index is 0.132. The Morgan fingerprint density at radius 3 is 2.71 bits per heavy atom. The number of ether oxygens (including phenoxy) is 5. The number of nitrogens with one attached hydrogen (secondary N) is 1. The summed E-state index contributed by atoms with van der Waals surface area (Å²) >= 11 is 6.13. The standard InChI is InChI=1S/C27H33ClN2O8/c1-5-14-35-22-11-7-10-20(27(33)36-16(2)24(22)38-19-9-6-8-18(28)15-19)30-26(32)23-25(37-17(3)31)21(34-4)12-13-29-23/h6,8-9,12-13,15-16,20,22,24H,5,7,10-11,14H2,1-4H3,(H,30,32). The highest BCUT2D eigenvalue weighted by atomic mass is 35.5. The van der Waals surface area contributed by atoms with Crippen molar-refractivity contribution in [2.45, 2.75) is 70.8 Å². The molecule has 0 radical (unpaired) electrons. The van der Waals surface area contributed by atoms with Gasteiger partial charge in [0.2, 0.25) is 5.75 Å². The summed E-state index contributed by atoms with van der Waals surface area (Å²) in [5, 5.41) is 3.19. The Hall–Kier alpha value is -3.37. The predicted molar refractivity (Wildman–Crippen MR) is 139 cm³/mol. The van der Waals surface area contributed by atoms with Crippen LogP contribution in [0.15, 0.2) is 36.5 Å². The summed E-state index contributed by atoms with van der Waals surface area (Å²) in [5.74, 6) is -1.43. The van der Waals surface area contributed by atoms with Crippen LogP contribution in [0.4, 0.5) is 0 Å². The maximum Gasteiger partial charge on any atom is 0.329 e. The maximum absolute atomic E-state index is 13.2. The Morgan fingerprint density at radius 2 is 2.03 bits per heavy atom. The van der Waals surface area contributed by atoms with Crippen molar-refractivity contribution in [2.24, 2.45) is 0 Å². The average Bonchev–Trinajstić information content (AvgIpc) is 2.92. The van der Waals surface area contributed by atoms with Crippen molar-refractivity contribution in [1.82, 2.24) is 10.3 Å². The molecule has 1 fully saturated rings. The summed E-state index contributed by atoms with van der Waals surface area (Å²) in [6.45, 7) is 5.45. The number of amides is 1.